The number of carbonyl (C=O) groups is 1. The van der Waals surface area contributed by atoms with Gasteiger partial charge in [-0.15, -0.1) is 0 Å². The van der Waals surface area contributed by atoms with Crippen molar-refractivity contribution in [3.63, 3.8) is 0 Å². The van der Waals surface area contributed by atoms with Crippen molar-refractivity contribution in [3.8, 4) is 5.75 Å². The number of nitrogens with one attached hydrogen (secondary N) is 1. The van der Waals surface area contributed by atoms with Crippen molar-refractivity contribution in [3.05, 3.63) is 35.9 Å². The Balaban J connectivity index is 2.73. The lowest BCUT2D eigenvalue weighted by Gasteiger charge is -2.07. The van der Waals surface area contributed by atoms with Crippen LogP contribution in [0.2, 0.25) is 0 Å². The third-order valence-corrected chi connectivity index (χ3v) is 2.06. The SMILES string of the molecule is CCOc1ccccc1C=CC(=O)NC(C)C. The fraction of sp³-hybridized carbons (Fsp3) is 0.357. The van der Waals surface area contributed by atoms with Gasteiger partial charge in [-0.3, -0.25) is 4.79 Å². The van der Waals surface area contributed by atoms with Crippen LogP contribution >= 0.6 is 0 Å². The summed E-state index contributed by atoms with van der Waals surface area (Å²) in [6.45, 7) is 6.41. The zero-order chi connectivity index (χ0) is 12.7. The van der Waals surface area contributed by atoms with E-state index in [9.17, 15) is 4.79 Å². The minimum atomic E-state index is -0.0914. The topological polar surface area (TPSA) is 38.3 Å². The Kier molecular flexibility index (Phi) is 5.27. The van der Waals surface area contributed by atoms with Crippen molar-refractivity contribution in [2.45, 2.75) is 26.8 Å². The maximum absolute atomic E-state index is 11.5. The van der Waals surface area contributed by atoms with E-state index in [1.54, 1.807) is 6.08 Å². The molecule has 1 N–H and O–H groups in total. The second-order valence-electron chi connectivity index (χ2n) is 3.97. The summed E-state index contributed by atoms with van der Waals surface area (Å²) in [5.74, 6) is 0.704. The van der Waals surface area contributed by atoms with Crippen LogP contribution in [0.25, 0.3) is 6.08 Å². The highest BCUT2D eigenvalue weighted by atomic mass is 16.5. The van der Waals surface area contributed by atoms with Gasteiger partial charge in [0.05, 0.1) is 6.61 Å². The summed E-state index contributed by atoms with van der Waals surface area (Å²) in [6.07, 6.45) is 3.29. The lowest BCUT2D eigenvalue weighted by Crippen LogP contribution is -2.28. The highest BCUT2D eigenvalue weighted by molar-refractivity contribution is 5.92. The van der Waals surface area contributed by atoms with Crippen molar-refractivity contribution in [2.24, 2.45) is 0 Å². The summed E-state index contributed by atoms with van der Waals surface area (Å²) in [5, 5.41) is 2.80. The molecule has 0 saturated heterocycles. The lowest BCUT2D eigenvalue weighted by molar-refractivity contribution is -0.116. The highest BCUT2D eigenvalue weighted by Crippen LogP contribution is 2.19. The van der Waals surface area contributed by atoms with E-state index < -0.39 is 0 Å². The molecular formula is C14H19NO2. The summed E-state index contributed by atoms with van der Waals surface area (Å²) in [6, 6.07) is 7.79. The number of ether oxygens (including phenoxy) is 1. The third kappa shape index (κ3) is 4.72. The van der Waals surface area contributed by atoms with Gasteiger partial charge in [0.2, 0.25) is 5.91 Å². The Bertz CT molecular complexity index is 397. The van der Waals surface area contributed by atoms with Crippen molar-refractivity contribution < 1.29 is 9.53 Å². The van der Waals surface area contributed by atoms with E-state index in [2.05, 4.69) is 5.32 Å². The second kappa shape index (κ2) is 6.74. The Morgan fingerprint density at radius 3 is 2.76 bits per heavy atom. The van der Waals surface area contributed by atoms with Gasteiger partial charge in [0.25, 0.3) is 0 Å². The molecule has 0 atom stereocenters. The van der Waals surface area contributed by atoms with Crippen LogP contribution < -0.4 is 10.1 Å². The summed E-state index contributed by atoms with van der Waals surface area (Å²) < 4.78 is 5.47. The second-order valence-corrected chi connectivity index (χ2v) is 3.97. The standard InChI is InChI=1S/C14H19NO2/c1-4-17-13-8-6-5-7-12(13)9-10-14(16)15-11(2)3/h5-11H,4H2,1-3H3,(H,15,16). The van der Waals surface area contributed by atoms with Crippen molar-refractivity contribution in [1.29, 1.82) is 0 Å². The van der Waals surface area contributed by atoms with Gasteiger partial charge in [0.1, 0.15) is 5.75 Å². The summed E-state index contributed by atoms with van der Waals surface area (Å²) in [5.41, 5.74) is 0.910. The number of rotatable bonds is 5. The van der Waals surface area contributed by atoms with Crippen LogP contribution in [-0.2, 0) is 4.79 Å². The molecule has 0 aliphatic carbocycles. The van der Waals surface area contributed by atoms with Gasteiger partial charge < -0.3 is 10.1 Å². The molecule has 1 aromatic carbocycles. The quantitative estimate of drug-likeness (QED) is 0.794. The Morgan fingerprint density at radius 1 is 1.41 bits per heavy atom. The van der Waals surface area contributed by atoms with Crippen LogP contribution in [0.1, 0.15) is 26.3 Å². The van der Waals surface area contributed by atoms with E-state index in [0.717, 1.165) is 11.3 Å². The molecule has 92 valence electrons. The number of para-hydroxylation sites is 1. The summed E-state index contributed by atoms with van der Waals surface area (Å²) in [7, 11) is 0. The van der Waals surface area contributed by atoms with E-state index in [1.807, 2.05) is 45.0 Å². The molecule has 0 fully saturated rings. The fourth-order valence-corrected chi connectivity index (χ4v) is 1.40. The molecule has 3 heteroatoms. The van der Waals surface area contributed by atoms with Crippen molar-refractivity contribution in [2.75, 3.05) is 6.61 Å². The van der Waals surface area contributed by atoms with Crippen LogP contribution in [0.15, 0.2) is 30.3 Å². The number of carbonyl (C=O) groups excluding carboxylic acids is 1. The minimum absolute atomic E-state index is 0.0914. The maximum Gasteiger partial charge on any atom is 0.244 e. The lowest BCUT2D eigenvalue weighted by atomic mass is 10.2. The predicted octanol–water partition coefficient (Wildman–Crippen LogP) is 2.62. The fourth-order valence-electron chi connectivity index (χ4n) is 1.40. The molecule has 0 spiro atoms. The van der Waals surface area contributed by atoms with E-state index in [1.165, 1.54) is 6.08 Å². The average molecular weight is 233 g/mol. The Hall–Kier alpha value is -1.77. The minimum Gasteiger partial charge on any atom is -0.493 e. The largest absolute Gasteiger partial charge is 0.493 e. The van der Waals surface area contributed by atoms with Gasteiger partial charge in [-0.1, -0.05) is 18.2 Å². The monoisotopic (exact) mass is 233 g/mol. The van der Waals surface area contributed by atoms with Crippen LogP contribution in [-0.4, -0.2) is 18.6 Å². The molecular weight excluding hydrogens is 214 g/mol. The summed E-state index contributed by atoms with van der Waals surface area (Å²) >= 11 is 0. The highest BCUT2D eigenvalue weighted by Gasteiger charge is 2.00. The molecule has 0 aromatic heterocycles. The normalized spacial score (nSPS) is 10.8. The van der Waals surface area contributed by atoms with Gasteiger partial charge in [-0.25, -0.2) is 0 Å². The predicted molar refractivity (Wildman–Crippen MR) is 69.9 cm³/mol. The van der Waals surface area contributed by atoms with E-state index in [0.29, 0.717) is 6.61 Å². The number of hydrogen-bond donors (Lipinski definition) is 1. The van der Waals surface area contributed by atoms with Crippen LogP contribution in [0.3, 0.4) is 0 Å². The first-order valence-electron chi connectivity index (χ1n) is 5.84. The number of amides is 1. The van der Waals surface area contributed by atoms with E-state index in [4.69, 9.17) is 4.74 Å². The van der Waals surface area contributed by atoms with Gasteiger partial charge in [-0.05, 0) is 32.9 Å². The van der Waals surface area contributed by atoms with Crippen LogP contribution in [0.5, 0.6) is 5.75 Å². The van der Waals surface area contributed by atoms with Crippen molar-refractivity contribution >= 4 is 12.0 Å². The van der Waals surface area contributed by atoms with Gasteiger partial charge in [0, 0.05) is 17.7 Å². The Morgan fingerprint density at radius 2 is 2.12 bits per heavy atom. The maximum atomic E-state index is 11.5. The molecule has 0 saturated carbocycles. The number of benzene rings is 1. The molecule has 0 unspecified atom stereocenters. The van der Waals surface area contributed by atoms with Gasteiger partial charge in [0.15, 0.2) is 0 Å². The zero-order valence-electron chi connectivity index (χ0n) is 10.6. The van der Waals surface area contributed by atoms with E-state index in [-0.39, 0.29) is 11.9 Å². The average Bonchev–Trinajstić information content (AvgIpc) is 2.27. The molecule has 1 amide bonds. The van der Waals surface area contributed by atoms with Gasteiger partial charge in [-0.2, -0.15) is 0 Å². The van der Waals surface area contributed by atoms with Crippen molar-refractivity contribution in [1.82, 2.24) is 5.32 Å². The molecule has 3 nitrogen and oxygen atoms in total. The Labute approximate surface area is 102 Å². The third-order valence-electron chi connectivity index (χ3n) is 2.06. The van der Waals surface area contributed by atoms with Gasteiger partial charge >= 0.3 is 0 Å². The zero-order valence-corrected chi connectivity index (χ0v) is 10.6. The molecule has 0 aliphatic heterocycles. The van der Waals surface area contributed by atoms with Crippen LogP contribution in [0, 0.1) is 0 Å². The molecule has 0 bridgehead atoms. The number of hydrogen-bond acceptors (Lipinski definition) is 2. The molecule has 1 aromatic rings. The smallest absolute Gasteiger partial charge is 0.244 e. The molecule has 0 heterocycles. The van der Waals surface area contributed by atoms with E-state index >= 15 is 0 Å². The first-order valence-corrected chi connectivity index (χ1v) is 5.84. The molecule has 17 heavy (non-hydrogen) atoms. The first-order chi connectivity index (χ1) is 8.13. The molecule has 1 rings (SSSR count). The summed E-state index contributed by atoms with van der Waals surface area (Å²) in [4.78, 5) is 11.5. The molecule has 0 radical (unpaired) electrons. The van der Waals surface area contributed by atoms with Crippen LogP contribution in [0.4, 0.5) is 0 Å². The molecule has 0 aliphatic rings. The first kappa shape index (κ1) is 13.3.